The van der Waals surface area contributed by atoms with Gasteiger partial charge in [0.1, 0.15) is 18.6 Å². The summed E-state index contributed by atoms with van der Waals surface area (Å²) >= 11 is 3.96. The number of thiol groups is 1. The molecule has 28 heavy (non-hydrogen) atoms. The first kappa shape index (κ1) is 28.3. The molecule has 0 aliphatic heterocycles. The molecule has 2 unspecified atom stereocenters. The van der Waals surface area contributed by atoms with E-state index in [9.17, 15) is 19.2 Å². The third kappa shape index (κ3) is 18.8. The Hall–Kier alpha value is -1.94. The van der Waals surface area contributed by atoms with Crippen LogP contribution in [0.1, 0.15) is 26.7 Å². The van der Waals surface area contributed by atoms with Gasteiger partial charge in [0.25, 0.3) is 0 Å². The van der Waals surface area contributed by atoms with E-state index in [-0.39, 0.29) is 31.2 Å². The van der Waals surface area contributed by atoms with Crippen LogP contribution in [0.25, 0.3) is 0 Å². The first-order chi connectivity index (χ1) is 12.7. The van der Waals surface area contributed by atoms with Crippen molar-refractivity contribution in [2.75, 3.05) is 12.3 Å². The van der Waals surface area contributed by atoms with Gasteiger partial charge in [-0.2, -0.15) is 21.0 Å². The molecule has 0 aromatic carbocycles. The van der Waals surface area contributed by atoms with E-state index in [0.717, 1.165) is 0 Å². The molecule has 0 radical (unpaired) electrons. The molecule has 164 valence electrons. The fourth-order valence-electron chi connectivity index (χ4n) is 1.46. The zero-order valence-corrected chi connectivity index (χ0v) is 16.9. The van der Waals surface area contributed by atoms with Gasteiger partial charge in [0.15, 0.2) is 0 Å². The van der Waals surface area contributed by atoms with Crippen molar-refractivity contribution in [2.45, 2.75) is 44.9 Å². The van der Waals surface area contributed by atoms with Gasteiger partial charge in [0.2, 0.25) is 11.8 Å². The van der Waals surface area contributed by atoms with Crippen molar-refractivity contribution in [1.82, 2.24) is 10.6 Å². The molecule has 0 aliphatic carbocycles. The predicted octanol–water partition coefficient (Wildman–Crippen LogP) is -1.99. The molecule has 0 aromatic rings. The molecule has 0 fully saturated rings. The molecule has 0 aliphatic rings. The Bertz CT molecular complexity index is 630. The van der Waals surface area contributed by atoms with Crippen molar-refractivity contribution < 1.29 is 46.5 Å². The van der Waals surface area contributed by atoms with Crippen molar-refractivity contribution >= 4 is 46.8 Å². The van der Waals surface area contributed by atoms with Gasteiger partial charge in [0.05, 0.1) is 6.10 Å². The van der Waals surface area contributed by atoms with Crippen LogP contribution in [0.5, 0.6) is 0 Å². The van der Waals surface area contributed by atoms with Crippen LogP contribution in [-0.2, 0) is 34.3 Å². The van der Waals surface area contributed by atoms with Gasteiger partial charge in [-0.1, -0.05) is 0 Å². The number of carboxylic acid groups (broad SMARTS) is 1. The summed E-state index contributed by atoms with van der Waals surface area (Å²) in [4.78, 5) is 45.4. The molecular formula is C13H25N3O10S2. The minimum atomic E-state index is -4.67. The Morgan fingerprint density at radius 1 is 1.18 bits per heavy atom. The number of aliphatic carboxylic acids is 1. The van der Waals surface area contributed by atoms with Crippen LogP contribution in [-0.4, -0.2) is 76.9 Å². The Balaban J connectivity index is 0. The van der Waals surface area contributed by atoms with Gasteiger partial charge in [-0.15, -0.1) is 0 Å². The van der Waals surface area contributed by atoms with Gasteiger partial charge in [-0.25, -0.2) is 0 Å². The van der Waals surface area contributed by atoms with Crippen molar-refractivity contribution in [1.29, 1.82) is 0 Å². The summed E-state index contributed by atoms with van der Waals surface area (Å²) in [5.74, 6) is -2.89. The zero-order chi connectivity index (χ0) is 22.5. The summed E-state index contributed by atoms with van der Waals surface area (Å²) in [7, 11) is -4.67. The molecule has 0 saturated heterocycles. The van der Waals surface area contributed by atoms with E-state index >= 15 is 0 Å². The number of amides is 2. The molecule has 15 heteroatoms. The summed E-state index contributed by atoms with van der Waals surface area (Å²) in [6.45, 7) is 3.04. The topological polar surface area (TPSA) is 222 Å². The fraction of sp³-hybridized carbons (Fsp3) is 0.692. The largest absolute Gasteiger partial charge is 0.480 e. The third-order valence-corrected chi connectivity index (χ3v) is 2.97. The van der Waals surface area contributed by atoms with Crippen LogP contribution < -0.4 is 16.4 Å². The predicted molar refractivity (Wildman–Crippen MR) is 99.0 cm³/mol. The Labute approximate surface area is 167 Å². The van der Waals surface area contributed by atoms with Crippen LogP contribution in [0, 0.1) is 0 Å². The summed E-state index contributed by atoms with van der Waals surface area (Å²) in [5, 5.41) is 13.3. The number of nitrogens with one attached hydrogen (secondary N) is 2. The number of carbonyl (C=O) groups is 4. The zero-order valence-electron chi connectivity index (χ0n) is 15.2. The van der Waals surface area contributed by atoms with Crippen molar-refractivity contribution in [2.24, 2.45) is 5.73 Å². The smallest absolute Gasteiger partial charge is 0.394 e. The summed E-state index contributed by atoms with van der Waals surface area (Å²) in [6, 6.07) is -2.09. The molecule has 7 N–H and O–H groups in total. The van der Waals surface area contributed by atoms with E-state index in [2.05, 4.69) is 23.3 Å². The number of ether oxygens (including phenoxy) is 1. The summed E-state index contributed by atoms with van der Waals surface area (Å²) < 4.78 is 36.4. The second-order valence-corrected chi connectivity index (χ2v) is 6.75. The molecule has 0 bridgehead atoms. The Kier molecular flexibility index (Phi) is 14.3. The molecule has 0 heterocycles. The number of rotatable bonds is 10. The van der Waals surface area contributed by atoms with Crippen molar-refractivity contribution in [3.05, 3.63) is 0 Å². The molecule has 2 atom stereocenters. The summed E-state index contributed by atoms with van der Waals surface area (Å²) in [5.41, 5.74) is 5.28. The maximum Gasteiger partial charge on any atom is 0.394 e. The highest BCUT2D eigenvalue weighted by Crippen LogP contribution is 1.97. The van der Waals surface area contributed by atoms with Crippen LogP contribution in [0.2, 0.25) is 0 Å². The van der Waals surface area contributed by atoms with Crippen LogP contribution >= 0.6 is 12.6 Å². The lowest BCUT2D eigenvalue weighted by molar-refractivity contribution is -0.147. The highest BCUT2D eigenvalue weighted by atomic mass is 32.3. The molecule has 0 saturated carbocycles. The van der Waals surface area contributed by atoms with Gasteiger partial charge in [0, 0.05) is 12.2 Å². The van der Waals surface area contributed by atoms with Crippen molar-refractivity contribution in [3.63, 3.8) is 0 Å². The van der Waals surface area contributed by atoms with E-state index in [1.54, 1.807) is 13.8 Å². The van der Waals surface area contributed by atoms with E-state index < -0.39 is 46.2 Å². The van der Waals surface area contributed by atoms with Crippen LogP contribution in [0.15, 0.2) is 0 Å². The first-order valence-electron chi connectivity index (χ1n) is 7.73. The average Bonchev–Trinajstić information content (AvgIpc) is 2.52. The molecule has 13 nitrogen and oxygen atoms in total. The quantitative estimate of drug-likeness (QED) is 0.110. The number of hydrogen-bond donors (Lipinski definition) is 7. The number of carboxylic acids is 1. The maximum atomic E-state index is 11.8. The van der Waals surface area contributed by atoms with E-state index in [0.29, 0.717) is 0 Å². The minimum absolute atomic E-state index is 0.0157. The van der Waals surface area contributed by atoms with Crippen LogP contribution in [0.3, 0.4) is 0 Å². The van der Waals surface area contributed by atoms with Gasteiger partial charge >= 0.3 is 22.3 Å². The molecular weight excluding hydrogens is 422 g/mol. The Morgan fingerprint density at radius 3 is 2.07 bits per heavy atom. The molecule has 2 amide bonds. The number of esters is 1. The van der Waals surface area contributed by atoms with E-state index in [4.69, 9.17) is 33.1 Å². The fourth-order valence-corrected chi connectivity index (χ4v) is 1.71. The SMILES string of the molecule is CC(C)OC(=O)CNC(=O)C(CS)NC(=O)CCC(N)C(=O)O.O=S(=O)(O)O. The van der Waals surface area contributed by atoms with Crippen LogP contribution in [0.4, 0.5) is 0 Å². The van der Waals surface area contributed by atoms with Crippen molar-refractivity contribution in [3.8, 4) is 0 Å². The lowest BCUT2D eigenvalue weighted by Crippen LogP contribution is -2.49. The second kappa shape index (κ2) is 14.1. The first-order valence-corrected chi connectivity index (χ1v) is 9.76. The number of nitrogens with two attached hydrogens (primary N) is 1. The lowest BCUT2D eigenvalue weighted by atomic mass is 10.1. The minimum Gasteiger partial charge on any atom is -0.480 e. The number of carbonyl (C=O) groups excluding carboxylic acids is 3. The van der Waals surface area contributed by atoms with E-state index in [1.165, 1.54) is 0 Å². The van der Waals surface area contributed by atoms with Gasteiger partial charge in [-0.3, -0.25) is 28.3 Å². The molecule has 0 rings (SSSR count). The maximum absolute atomic E-state index is 11.8. The second-order valence-electron chi connectivity index (χ2n) is 5.49. The average molecular weight is 447 g/mol. The van der Waals surface area contributed by atoms with Gasteiger partial charge < -0.3 is 26.2 Å². The Morgan fingerprint density at radius 2 is 1.68 bits per heavy atom. The number of hydrogen-bond acceptors (Lipinski definition) is 9. The highest BCUT2D eigenvalue weighted by molar-refractivity contribution is 7.80. The monoisotopic (exact) mass is 447 g/mol. The molecule has 0 spiro atoms. The standard InChI is InChI=1S/C13H23N3O6S.H2O4S/c1-7(2)22-11(18)5-15-12(19)9(6-23)16-10(17)4-3-8(14)13(20)21;1-5(2,3)4/h7-9,23H,3-6,14H2,1-2H3,(H,15,19)(H,16,17)(H,20,21);(H2,1,2,3,4). The summed E-state index contributed by atoms with van der Waals surface area (Å²) in [6.07, 6.45) is -0.485. The molecule has 0 aromatic heterocycles. The third-order valence-electron chi connectivity index (χ3n) is 2.61. The normalized spacial score (nSPS) is 12.8. The lowest BCUT2D eigenvalue weighted by Gasteiger charge is -2.17. The highest BCUT2D eigenvalue weighted by Gasteiger charge is 2.21. The van der Waals surface area contributed by atoms with Gasteiger partial charge in [-0.05, 0) is 20.3 Å². The van der Waals surface area contributed by atoms with E-state index in [1.807, 2.05) is 0 Å².